The molecule has 1 aromatic heterocycles. The molecule has 0 saturated carbocycles. The van der Waals surface area contributed by atoms with Gasteiger partial charge in [0.15, 0.2) is 0 Å². The zero-order chi connectivity index (χ0) is 17.8. The Hall–Kier alpha value is -2.39. The standard InChI is InChI=1S/C18H10Cl2FN3S/c19-15-5-4-11(6-16(15)20)17-10-25-18(24-17)12(8-22)9-23-14-3-1-2-13(21)7-14/h1-7,9-10,23H. The highest BCUT2D eigenvalue weighted by Crippen LogP contribution is 2.30. The molecule has 7 heteroatoms. The van der Waals surface area contributed by atoms with Gasteiger partial charge in [-0.05, 0) is 30.3 Å². The van der Waals surface area contributed by atoms with E-state index in [2.05, 4.69) is 16.4 Å². The molecule has 0 bridgehead atoms. The van der Waals surface area contributed by atoms with Crippen molar-refractivity contribution >= 4 is 45.8 Å². The molecule has 0 aliphatic carbocycles. The molecule has 3 rings (SSSR count). The summed E-state index contributed by atoms with van der Waals surface area (Å²) in [5.41, 5.74) is 2.41. The summed E-state index contributed by atoms with van der Waals surface area (Å²) in [6.45, 7) is 0. The van der Waals surface area contributed by atoms with Crippen molar-refractivity contribution in [2.24, 2.45) is 0 Å². The van der Waals surface area contributed by atoms with Crippen LogP contribution in [0, 0.1) is 17.1 Å². The van der Waals surface area contributed by atoms with Gasteiger partial charge in [0, 0.05) is 22.8 Å². The number of halogens is 3. The zero-order valence-corrected chi connectivity index (χ0v) is 15.0. The van der Waals surface area contributed by atoms with E-state index in [0.717, 1.165) is 5.56 Å². The van der Waals surface area contributed by atoms with Crippen molar-refractivity contribution < 1.29 is 4.39 Å². The average molecular weight is 390 g/mol. The lowest BCUT2D eigenvalue weighted by Crippen LogP contribution is -1.91. The van der Waals surface area contributed by atoms with Gasteiger partial charge in [0.1, 0.15) is 22.5 Å². The van der Waals surface area contributed by atoms with Crippen LogP contribution in [0.25, 0.3) is 16.8 Å². The third-order valence-electron chi connectivity index (χ3n) is 3.28. The lowest BCUT2D eigenvalue weighted by atomic mass is 10.2. The Balaban J connectivity index is 1.85. The molecule has 0 fully saturated rings. The van der Waals surface area contributed by atoms with Crippen LogP contribution in [-0.2, 0) is 0 Å². The number of nitriles is 1. The molecule has 0 radical (unpaired) electrons. The van der Waals surface area contributed by atoms with Crippen LogP contribution in [0.3, 0.4) is 0 Å². The van der Waals surface area contributed by atoms with E-state index in [4.69, 9.17) is 23.2 Å². The minimum atomic E-state index is -0.354. The van der Waals surface area contributed by atoms with Gasteiger partial charge in [-0.15, -0.1) is 11.3 Å². The van der Waals surface area contributed by atoms with Crippen molar-refractivity contribution in [1.82, 2.24) is 4.98 Å². The maximum atomic E-state index is 13.2. The van der Waals surface area contributed by atoms with Crippen LogP contribution < -0.4 is 5.32 Å². The second-order valence-corrected chi connectivity index (χ2v) is 6.66. The number of thiazole rings is 1. The van der Waals surface area contributed by atoms with Crippen LogP contribution in [-0.4, -0.2) is 4.98 Å². The van der Waals surface area contributed by atoms with Gasteiger partial charge < -0.3 is 5.32 Å². The van der Waals surface area contributed by atoms with E-state index in [9.17, 15) is 9.65 Å². The summed E-state index contributed by atoms with van der Waals surface area (Å²) < 4.78 is 13.2. The molecule has 3 nitrogen and oxygen atoms in total. The van der Waals surface area contributed by atoms with E-state index < -0.39 is 0 Å². The van der Waals surface area contributed by atoms with Gasteiger partial charge in [0.05, 0.1) is 15.7 Å². The van der Waals surface area contributed by atoms with Crippen molar-refractivity contribution in [3.05, 3.63) is 74.9 Å². The van der Waals surface area contributed by atoms with E-state index in [1.807, 2.05) is 11.4 Å². The topological polar surface area (TPSA) is 48.7 Å². The first-order chi connectivity index (χ1) is 12.1. The molecular formula is C18H10Cl2FN3S. The molecule has 124 valence electrons. The number of hydrogen-bond donors (Lipinski definition) is 1. The Kier molecular flexibility index (Phi) is 5.34. The molecule has 25 heavy (non-hydrogen) atoms. The fraction of sp³-hybridized carbons (Fsp3) is 0. The summed E-state index contributed by atoms with van der Waals surface area (Å²) in [5, 5.41) is 15.6. The summed E-state index contributed by atoms with van der Waals surface area (Å²) >= 11 is 13.3. The van der Waals surface area contributed by atoms with Crippen LogP contribution in [0.2, 0.25) is 10.0 Å². The second kappa shape index (κ2) is 7.66. The molecule has 3 aromatic rings. The quantitative estimate of drug-likeness (QED) is 0.537. The van der Waals surface area contributed by atoms with Crippen LogP contribution >= 0.6 is 34.5 Å². The number of rotatable bonds is 4. The number of hydrogen-bond acceptors (Lipinski definition) is 4. The summed E-state index contributed by atoms with van der Waals surface area (Å²) in [6, 6.07) is 13.3. The van der Waals surface area contributed by atoms with Gasteiger partial charge in [0.25, 0.3) is 0 Å². The monoisotopic (exact) mass is 389 g/mol. The number of nitrogens with one attached hydrogen (secondary N) is 1. The van der Waals surface area contributed by atoms with Crippen LogP contribution in [0.4, 0.5) is 10.1 Å². The van der Waals surface area contributed by atoms with Crippen LogP contribution in [0.15, 0.2) is 54.0 Å². The Morgan fingerprint density at radius 1 is 1.20 bits per heavy atom. The fourth-order valence-corrected chi connectivity index (χ4v) is 3.15. The predicted molar refractivity (Wildman–Crippen MR) is 101 cm³/mol. The lowest BCUT2D eigenvalue weighted by molar-refractivity contribution is 0.628. The number of benzene rings is 2. The van der Waals surface area contributed by atoms with E-state index in [0.29, 0.717) is 32.0 Å². The molecule has 0 spiro atoms. The molecule has 0 aliphatic rings. The Morgan fingerprint density at radius 2 is 2.04 bits per heavy atom. The summed E-state index contributed by atoms with van der Waals surface area (Å²) in [7, 11) is 0. The van der Waals surface area contributed by atoms with E-state index >= 15 is 0 Å². The summed E-state index contributed by atoms with van der Waals surface area (Å²) in [5.74, 6) is -0.354. The van der Waals surface area contributed by atoms with Gasteiger partial charge in [-0.1, -0.05) is 35.3 Å². The second-order valence-electron chi connectivity index (χ2n) is 4.99. The summed E-state index contributed by atoms with van der Waals surface area (Å²) in [6.07, 6.45) is 1.51. The first kappa shape index (κ1) is 17.4. The smallest absolute Gasteiger partial charge is 0.136 e. The molecule has 1 N–H and O–H groups in total. The number of aromatic nitrogens is 1. The molecule has 2 aromatic carbocycles. The van der Waals surface area contributed by atoms with Gasteiger partial charge in [0.2, 0.25) is 0 Å². The van der Waals surface area contributed by atoms with E-state index in [1.165, 1.54) is 29.7 Å². The highest BCUT2D eigenvalue weighted by atomic mass is 35.5. The largest absolute Gasteiger partial charge is 0.360 e. The average Bonchev–Trinajstić information content (AvgIpc) is 3.08. The molecule has 0 aliphatic heterocycles. The molecule has 0 unspecified atom stereocenters. The number of anilines is 1. The van der Waals surface area contributed by atoms with Gasteiger partial charge in [-0.3, -0.25) is 0 Å². The first-order valence-electron chi connectivity index (χ1n) is 7.10. The van der Waals surface area contributed by atoms with Gasteiger partial charge >= 0.3 is 0 Å². The van der Waals surface area contributed by atoms with Crippen molar-refractivity contribution in [3.63, 3.8) is 0 Å². The van der Waals surface area contributed by atoms with Crippen molar-refractivity contribution in [2.45, 2.75) is 0 Å². The Bertz CT molecular complexity index is 992. The van der Waals surface area contributed by atoms with Gasteiger partial charge in [-0.25, -0.2) is 9.37 Å². The minimum Gasteiger partial charge on any atom is -0.360 e. The SMILES string of the molecule is N#CC(=CNc1cccc(F)c1)c1nc(-c2ccc(Cl)c(Cl)c2)cs1. The van der Waals surface area contributed by atoms with Crippen molar-refractivity contribution in [2.75, 3.05) is 5.32 Å². The highest BCUT2D eigenvalue weighted by Gasteiger charge is 2.10. The predicted octanol–water partition coefficient (Wildman–Crippen LogP) is 6.23. The lowest BCUT2D eigenvalue weighted by Gasteiger charge is -2.01. The zero-order valence-electron chi connectivity index (χ0n) is 12.6. The van der Waals surface area contributed by atoms with Crippen LogP contribution in [0.1, 0.15) is 5.01 Å². The molecule has 0 atom stereocenters. The Labute approximate surface area is 158 Å². The molecule has 0 saturated heterocycles. The van der Waals surface area contributed by atoms with Crippen LogP contribution in [0.5, 0.6) is 0 Å². The molecular weight excluding hydrogens is 380 g/mol. The van der Waals surface area contributed by atoms with E-state index in [1.54, 1.807) is 24.3 Å². The minimum absolute atomic E-state index is 0.348. The first-order valence-corrected chi connectivity index (χ1v) is 8.74. The third kappa shape index (κ3) is 4.18. The molecule has 0 amide bonds. The molecule has 1 heterocycles. The summed E-state index contributed by atoms with van der Waals surface area (Å²) in [4.78, 5) is 4.46. The number of nitrogens with zero attached hydrogens (tertiary/aromatic N) is 2. The Morgan fingerprint density at radius 3 is 2.76 bits per heavy atom. The number of allylic oxidation sites excluding steroid dienone is 1. The fourth-order valence-electron chi connectivity index (χ4n) is 2.06. The maximum Gasteiger partial charge on any atom is 0.136 e. The maximum absolute atomic E-state index is 13.2. The third-order valence-corrected chi connectivity index (χ3v) is 4.89. The normalized spacial score (nSPS) is 11.2. The van der Waals surface area contributed by atoms with Gasteiger partial charge in [-0.2, -0.15) is 5.26 Å². The van der Waals surface area contributed by atoms with Crippen molar-refractivity contribution in [1.29, 1.82) is 5.26 Å². The highest BCUT2D eigenvalue weighted by molar-refractivity contribution is 7.11. The van der Waals surface area contributed by atoms with E-state index in [-0.39, 0.29) is 5.82 Å². The van der Waals surface area contributed by atoms with Crippen molar-refractivity contribution in [3.8, 4) is 17.3 Å².